The van der Waals surface area contributed by atoms with E-state index >= 15 is 4.39 Å². The summed E-state index contributed by atoms with van der Waals surface area (Å²) in [6.07, 6.45) is 3.09. The molecule has 0 bridgehead atoms. The second-order valence-electron chi connectivity index (χ2n) is 7.74. The number of nitrogens with two attached hydrogens (primary N) is 1. The zero-order valence-electron chi connectivity index (χ0n) is 17.1. The number of anilines is 2. The largest absolute Gasteiger partial charge is 0.383 e. The van der Waals surface area contributed by atoms with Gasteiger partial charge in [-0.1, -0.05) is 0 Å². The Bertz CT molecular complexity index is 1400. The fraction of sp³-hybridized carbons (Fsp3) is 0.174. The second kappa shape index (κ2) is 7.37. The molecule has 2 N–H and O–H groups in total. The number of amides is 1. The van der Waals surface area contributed by atoms with Gasteiger partial charge in [-0.25, -0.2) is 23.1 Å². The summed E-state index contributed by atoms with van der Waals surface area (Å²) >= 11 is 0. The SMILES string of the molecule is Cn1cc(-c2ccc3c(c2F)CCN3C(=O)Cc2cc(F)ccc2F)c2c(N)ncnc21. The van der Waals surface area contributed by atoms with Gasteiger partial charge in [-0.2, -0.15) is 0 Å². The number of hydrogen-bond acceptors (Lipinski definition) is 4. The van der Waals surface area contributed by atoms with Crippen LogP contribution in [0, 0.1) is 17.5 Å². The van der Waals surface area contributed by atoms with E-state index in [2.05, 4.69) is 9.97 Å². The van der Waals surface area contributed by atoms with Crippen LogP contribution in [0.25, 0.3) is 22.2 Å². The third kappa shape index (κ3) is 3.08. The van der Waals surface area contributed by atoms with Crippen molar-refractivity contribution in [3.8, 4) is 11.1 Å². The summed E-state index contributed by atoms with van der Waals surface area (Å²) in [6, 6.07) is 6.24. The number of benzene rings is 2. The number of aromatic nitrogens is 3. The molecule has 0 fully saturated rings. The molecule has 2 aromatic heterocycles. The van der Waals surface area contributed by atoms with Gasteiger partial charge in [-0.15, -0.1) is 0 Å². The summed E-state index contributed by atoms with van der Waals surface area (Å²) in [5.74, 6) is -1.91. The summed E-state index contributed by atoms with van der Waals surface area (Å²) in [5.41, 5.74) is 8.30. The van der Waals surface area contributed by atoms with Crippen molar-refractivity contribution in [2.24, 2.45) is 7.05 Å². The molecule has 3 heterocycles. The van der Waals surface area contributed by atoms with Crippen molar-refractivity contribution in [3.63, 3.8) is 0 Å². The molecule has 6 nitrogen and oxygen atoms in total. The zero-order chi connectivity index (χ0) is 22.6. The lowest BCUT2D eigenvalue weighted by molar-refractivity contribution is -0.117. The quantitative estimate of drug-likeness (QED) is 0.530. The number of carbonyl (C=O) groups excluding carboxylic acids is 1. The van der Waals surface area contributed by atoms with Crippen molar-refractivity contribution >= 4 is 28.4 Å². The Hall–Kier alpha value is -3.88. The highest BCUT2D eigenvalue weighted by atomic mass is 19.1. The van der Waals surface area contributed by atoms with Gasteiger partial charge in [0.05, 0.1) is 11.8 Å². The number of fused-ring (bicyclic) bond motifs is 2. The first kappa shape index (κ1) is 20.0. The highest BCUT2D eigenvalue weighted by Crippen LogP contribution is 2.39. The Morgan fingerprint density at radius 1 is 1.12 bits per heavy atom. The maximum atomic E-state index is 15.6. The molecular formula is C23H18F3N5O. The molecule has 1 amide bonds. The van der Waals surface area contributed by atoms with Gasteiger partial charge in [0.15, 0.2) is 0 Å². The van der Waals surface area contributed by atoms with Crippen molar-refractivity contribution < 1.29 is 18.0 Å². The normalized spacial score (nSPS) is 13.1. The van der Waals surface area contributed by atoms with E-state index in [4.69, 9.17) is 5.73 Å². The molecule has 0 unspecified atom stereocenters. The zero-order valence-corrected chi connectivity index (χ0v) is 17.1. The third-order valence-electron chi connectivity index (χ3n) is 5.82. The number of nitrogen functional groups attached to an aromatic ring is 1. The van der Waals surface area contributed by atoms with Crippen LogP contribution in [0.5, 0.6) is 0 Å². The predicted molar refractivity (Wildman–Crippen MR) is 114 cm³/mol. The Morgan fingerprint density at radius 3 is 2.75 bits per heavy atom. The molecule has 1 aliphatic heterocycles. The molecule has 4 aromatic rings. The van der Waals surface area contributed by atoms with Gasteiger partial charge in [0.1, 0.15) is 35.2 Å². The van der Waals surface area contributed by atoms with Crippen molar-refractivity contribution in [1.29, 1.82) is 0 Å². The van der Waals surface area contributed by atoms with E-state index in [1.165, 1.54) is 11.2 Å². The van der Waals surface area contributed by atoms with Gasteiger partial charge >= 0.3 is 0 Å². The molecule has 0 atom stereocenters. The molecular weight excluding hydrogens is 419 g/mol. The fourth-order valence-electron chi connectivity index (χ4n) is 4.29. The van der Waals surface area contributed by atoms with Crippen LogP contribution in [0.1, 0.15) is 11.1 Å². The molecule has 0 aliphatic carbocycles. The van der Waals surface area contributed by atoms with Crippen LogP contribution >= 0.6 is 0 Å². The number of carbonyl (C=O) groups is 1. The van der Waals surface area contributed by atoms with Crippen LogP contribution in [0.3, 0.4) is 0 Å². The Morgan fingerprint density at radius 2 is 1.94 bits per heavy atom. The Labute approximate surface area is 181 Å². The molecule has 0 saturated carbocycles. The lowest BCUT2D eigenvalue weighted by Gasteiger charge is -2.18. The van der Waals surface area contributed by atoms with E-state index in [9.17, 15) is 13.6 Å². The minimum atomic E-state index is -0.656. The van der Waals surface area contributed by atoms with Crippen LogP contribution in [-0.2, 0) is 24.7 Å². The molecule has 0 saturated heterocycles. The highest BCUT2D eigenvalue weighted by molar-refractivity contribution is 6.02. The number of nitrogens with zero attached hydrogens (tertiary/aromatic N) is 4. The number of rotatable bonds is 3. The topological polar surface area (TPSA) is 77.0 Å². The lowest BCUT2D eigenvalue weighted by Crippen LogP contribution is -2.30. The van der Waals surface area contributed by atoms with Crippen molar-refractivity contribution in [2.45, 2.75) is 12.8 Å². The summed E-state index contributed by atoms with van der Waals surface area (Å²) in [5, 5.41) is 0.557. The summed E-state index contributed by atoms with van der Waals surface area (Å²) in [7, 11) is 1.79. The molecule has 0 spiro atoms. The van der Waals surface area contributed by atoms with Gasteiger partial charge in [-0.3, -0.25) is 4.79 Å². The molecule has 9 heteroatoms. The van der Waals surface area contributed by atoms with E-state index in [0.29, 0.717) is 39.8 Å². The Kier molecular flexibility index (Phi) is 4.61. The van der Waals surface area contributed by atoms with Gasteiger partial charge in [-0.05, 0) is 36.8 Å². The van der Waals surface area contributed by atoms with E-state index < -0.39 is 23.4 Å². The van der Waals surface area contributed by atoms with Crippen molar-refractivity contribution in [3.05, 3.63) is 71.4 Å². The minimum absolute atomic E-state index is 0.0354. The first-order valence-corrected chi connectivity index (χ1v) is 9.96. The van der Waals surface area contributed by atoms with Gasteiger partial charge in [0.25, 0.3) is 0 Å². The van der Waals surface area contributed by atoms with Crippen molar-refractivity contribution in [1.82, 2.24) is 14.5 Å². The summed E-state index contributed by atoms with van der Waals surface area (Å²) in [6.45, 7) is 0.256. The highest BCUT2D eigenvalue weighted by Gasteiger charge is 2.30. The predicted octanol–water partition coefficient (Wildman–Crippen LogP) is 3.77. The molecule has 5 rings (SSSR count). The van der Waals surface area contributed by atoms with E-state index in [1.807, 2.05) is 0 Å². The molecule has 2 aromatic carbocycles. The average molecular weight is 437 g/mol. The minimum Gasteiger partial charge on any atom is -0.383 e. The number of halogens is 3. The van der Waals surface area contributed by atoms with Crippen LogP contribution in [0.4, 0.5) is 24.7 Å². The standard InChI is InChI=1S/C23H18F3N5O/c1-30-10-16(20-22(27)28-11-29-23(20)30)14-3-5-18-15(21(14)26)6-7-31(18)19(32)9-12-8-13(24)2-4-17(12)25/h2-5,8,10-11H,6-7,9H2,1H3,(H2,27,28,29). The Balaban J connectivity index is 1.52. The molecule has 162 valence electrons. The van der Waals surface area contributed by atoms with Crippen molar-refractivity contribution in [2.75, 3.05) is 17.2 Å². The van der Waals surface area contributed by atoms with Gasteiger partial charge < -0.3 is 15.2 Å². The molecule has 32 heavy (non-hydrogen) atoms. The summed E-state index contributed by atoms with van der Waals surface area (Å²) < 4.78 is 44.7. The molecule has 0 radical (unpaired) electrons. The van der Waals surface area contributed by atoms with Crippen LogP contribution in [0.2, 0.25) is 0 Å². The van der Waals surface area contributed by atoms with Crippen LogP contribution in [0.15, 0.2) is 42.9 Å². The number of aryl methyl sites for hydroxylation is 1. The first-order valence-electron chi connectivity index (χ1n) is 9.96. The summed E-state index contributed by atoms with van der Waals surface area (Å²) in [4.78, 5) is 22.5. The smallest absolute Gasteiger partial charge is 0.231 e. The maximum Gasteiger partial charge on any atom is 0.231 e. The maximum absolute atomic E-state index is 15.6. The van der Waals surface area contributed by atoms with Crippen LogP contribution < -0.4 is 10.6 Å². The monoisotopic (exact) mass is 437 g/mol. The third-order valence-corrected chi connectivity index (χ3v) is 5.82. The molecule has 1 aliphatic rings. The van der Waals surface area contributed by atoms with Gasteiger partial charge in [0.2, 0.25) is 5.91 Å². The van der Waals surface area contributed by atoms with Gasteiger partial charge in [0, 0.05) is 47.7 Å². The second-order valence-corrected chi connectivity index (χ2v) is 7.74. The lowest BCUT2D eigenvalue weighted by atomic mass is 10.0. The van der Waals surface area contributed by atoms with E-state index in [1.54, 1.807) is 29.9 Å². The fourth-order valence-corrected chi connectivity index (χ4v) is 4.29. The first-order chi connectivity index (χ1) is 15.3. The number of hydrogen-bond donors (Lipinski definition) is 1. The van der Waals surface area contributed by atoms with E-state index in [-0.39, 0.29) is 24.3 Å². The van der Waals surface area contributed by atoms with E-state index in [0.717, 1.165) is 18.2 Å². The van der Waals surface area contributed by atoms with Crippen LogP contribution in [-0.4, -0.2) is 27.0 Å². The average Bonchev–Trinajstić information content (AvgIpc) is 3.34.